The lowest BCUT2D eigenvalue weighted by Gasteiger charge is -2.10. The maximum Gasteiger partial charge on any atom is 0.355 e. The van der Waals surface area contributed by atoms with E-state index in [0.29, 0.717) is 15.6 Å². The molecule has 0 heterocycles. The first-order chi connectivity index (χ1) is 12.9. The average Bonchev–Trinajstić information content (AvgIpc) is 2.66. The quantitative estimate of drug-likeness (QED) is 0.236. The molecule has 8 heteroatoms. The van der Waals surface area contributed by atoms with Gasteiger partial charge in [-0.15, -0.1) is 0 Å². The van der Waals surface area contributed by atoms with Crippen molar-refractivity contribution in [1.29, 1.82) is 0 Å². The van der Waals surface area contributed by atoms with Crippen LogP contribution in [0.1, 0.15) is 15.9 Å². The number of carbonyl (C=O) groups is 2. The molecule has 0 aliphatic heterocycles. The molecule has 0 radical (unpaired) electrons. The maximum atomic E-state index is 12.5. The summed E-state index contributed by atoms with van der Waals surface area (Å²) in [4.78, 5) is 35.2. The van der Waals surface area contributed by atoms with Gasteiger partial charge in [0.2, 0.25) is 0 Å². The SMILES string of the molecule is C=CCOC(=O)C(=Cc1cccc([N+](=O)[O-])c1)NC(=O)c1ccccc1Br. The Morgan fingerprint density at radius 1 is 1.22 bits per heavy atom. The predicted molar refractivity (Wildman–Crippen MR) is 104 cm³/mol. The van der Waals surface area contributed by atoms with E-state index in [9.17, 15) is 19.7 Å². The monoisotopic (exact) mass is 430 g/mol. The molecule has 0 aliphatic carbocycles. The number of nitro benzene ring substituents is 1. The van der Waals surface area contributed by atoms with Crippen molar-refractivity contribution in [2.24, 2.45) is 0 Å². The lowest BCUT2D eigenvalue weighted by molar-refractivity contribution is -0.384. The fourth-order valence-electron chi connectivity index (χ4n) is 2.09. The zero-order valence-corrected chi connectivity index (χ0v) is 15.6. The molecule has 138 valence electrons. The Hall–Kier alpha value is -3.26. The van der Waals surface area contributed by atoms with E-state index in [1.807, 2.05) is 0 Å². The van der Waals surface area contributed by atoms with Gasteiger partial charge in [0.15, 0.2) is 0 Å². The zero-order chi connectivity index (χ0) is 19.8. The molecule has 27 heavy (non-hydrogen) atoms. The summed E-state index contributed by atoms with van der Waals surface area (Å²) in [6.07, 6.45) is 2.70. The minimum Gasteiger partial charge on any atom is -0.457 e. The molecule has 0 atom stereocenters. The van der Waals surface area contributed by atoms with Gasteiger partial charge in [-0.3, -0.25) is 14.9 Å². The number of amides is 1. The molecule has 0 unspecified atom stereocenters. The van der Waals surface area contributed by atoms with Crippen LogP contribution in [-0.4, -0.2) is 23.4 Å². The van der Waals surface area contributed by atoms with E-state index < -0.39 is 16.8 Å². The number of nitrogens with one attached hydrogen (secondary N) is 1. The number of halogens is 1. The Bertz CT molecular complexity index is 924. The third-order valence-corrected chi connectivity index (χ3v) is 4.00. The molecule has 7 nitrogen and oxygen atoms in total. The summed E-state index contributed by atoms with van der Waals surface area (Å²) in [5.41, 5.74) is 0.388. The second kappa shape index (κ2) is 9.44. The van der Waals surface area contributed by atoms with Gasteiger partial charge in [0, 0.05) is 16.6 Å². The summed E-state index contributed by atoms with van der Waals surface area (Å²) in [6.45, 7) is 3.42. The van der Waals surface area contributed by atoms with E-state index in [4.69, 9.17) is 4.74 Å². The number of hydrogen-bond acceptors (Lipinski definition) is 5. The smallest absolute Gasteiger partial charge is 0.355 e. The molecule has 0 bridgehead atoms. The van der Waals surface area contributed by atoms with Crippen LogP contribution in [0.15, 0.2) is 71.4 Å². The maximum absolute atomic E-state index is 12.5. The van der Waals surface area contributed by atoms with Gasteiger partial charge in [0.25, 0.3) is 11.6 Å². The van der Waals surface area contributed by atoms with Crippen molar-refractivity contribution in [3.05, 3.63) is 92.6 Å². The van der Waals surface area contributed by atoms with Gasteiger partial charge in [0.1, 0.15) is 12.3 Å². The number of hydrogen-bond donors (Lipinski definition) is 1. The van der Waals surface area contributed by atoms with E-state index in [-0.39, 0.29) is 18.0 Å². The van der Waals surface area contributed by atoms with Gasteiger partial charge in [-0.05, 0) is 39.7 Å². The number of benzene rings is 2. The van der Waals surface area contributed by atoms with Crippen LogP contribution >= 0.6 is 15.9 Å². The van der Waals surface area contributed by atoms with Gasteiger partial charge < -0.3 is 10.1 Å². The molecule has 2 rings (SSSR count). The van der Waals surface area contributed by atoms with Crippen molar-refractivity contribution >= 4 is 39.6 Å². The first-order valence-corrected chi connectivity index (χ1v) is 8.51. The van der Waals surface area contributed by atoms with E-state index in [1.54, 1.807) is 30.3 Å². The Morgan fingerprint density at radius 3 is 2.63 bits per heavy atom. The lowest BCUT2D eigenvalue weighted by Crippen LogP contribution is -2.28. The summed E-state index contributed by atoms with van der Waals surface area (Å²) in [5, 5.41) is 13.4. The Morgan fingerprint density at radius 2 is 1.96 bits per heavy atom. The molecule has 1 N–H and O–H groups in total. The highest BCUT2D eigenvalue weighted by Crippen LogP contribution is 2.18. The number of nitro groups is 1. The Labute approximate surface area is 163 Å². The molecule has 1 amide bonds. The van der Waals surface area contributed by atoms with Gasteiger partial charge in [-0.25, -0.2) is 4.79 Å². The van der Waals surface area contributed by atoms with Crippen molar-refractivity contribution < 1.29 is 19.2 Å². The van der Waals surface area contributed by atoms with Crippen molar-refractivity contribution in [3.8, 4) is 0 Å². The first kappa shape index (κ1) is 20.1. The first-order valence-electron chi connectivity index (χ1n) is 7.72. The van der Waals surface area contributed by atoms with Gasteiger partial charge in [-0.2, -0.15) is 0 Å². The summed E-state index contributed by atoms with van der Waals surface area (Å²) >= 11 is 3.27. The van der Waals surface area contributed by atoms with Crippen LogP contribution in [0.4, 0.5) is 5.69 Å². The minimum absolute atomic E-state index is 0.0456. The fourth-order valence-corrected chi connectivity index (χ4v) is 2.55. The highest BCUT2D eigenvalue weighted by molar-refractivity contribution is 9.10. The molecule has 0 fully saturated rings. The number of carbonyl (C=O) groups excluding carboxylic acids is 2. The largest absolute Gasteiger partial charge is 0.457 e. The summed E-state index contributed by atoms with van der Waals surface area (Å²) in [7, 11) is 0. The third kappa shape index (κ3) is 5.61. The van der Waals surface area contributed by atoms with E-state index in [1.165, 1.54) is 30.4 Å². The normalized spacial score (nSPS) is 10.8. The van der Waals surface area contributed by atoms with Crippen LogP contribution < -0.4 is 5.32 Å². The fraction of sp³-hybridized carbons (Fsp3) is 0.0526. The highest BCUT2D eigenvalue weighted by atomic mass is 79.9. The molecule has 0 aromatic heterocycles. The minimum atomic E-state index is -0.790. The van der Waals surface area contributed by atoms with Gasteiger partial charge in [-0.1, -0.05) is 36.9 Å². The van der Waals surface area contributed by atoms with Crippen molar-refractivity contribution in [2.45, 2.75) is 0 Å². The van der Waals surface area contributed by atoms with Crippen LogP contribution in [0, 0.1) is 10.1 Å². The Kier molecular flexibility index (Phi) is 7.01. The van der Waals surface area contributed by atoms with Crippen LogP contribution in [-0.2, 0) is 9.53 Å². The molecular weight excluding hydrogens is 416 g/mol. The van der Waals surface area contributed by atoms with Crippen molar-refractivity contribution in [3.63, 3.8) is 0 Å². The molecule has 2 aromatic rings. The average molecular weight is 431 g/mol. The standard InChI is InChI=1S/C19H15BrN2O5/c1-2-10-27-19(24)17(12-13-6-5-7-14(11-13)22(25)26)21-18(23)15-8-3-4-9-16(15)20/h2-9,11-12H,1,10H2,(H,21,23). The van der Waals surface area contributed by atoms with Crippen LogP contribution in [0.2, 0.25) is 0 Å². The third-order valence-electron chi connectivity index (χ3n) is 3.31. The molecular formula is C19H15BrN2O5. The molecule has 0 aliphatic rings. The molecule has 2 aromatic carbocycles. The number of esters is 1. The lowest BCUT2D eigenvalue weighted by atomic mass is 10.1. The molecule has 0 saturated heterocycles. The highest BCUT2D eigenvalue weighted by Gasteiger charge is 2.17. The van der Waals surface area contributed by atoms with Gasteiger partial charge in [0.05, 0.1) is 10.5 Å². The van der Waals surface area contributed by atoms with Crippen LogP contribution in [0.3, 0.4) is 0 Å². The number of rotatable bonds is 7. The van der Waals surface area contributed by atoms with E-state index in [2.05, 4.69) is 27.8 Å². The molecule has 0 spiro atoms. The molecule has 0 saturated carbocycles. The van der Waals surface area contributed by atoms with Crippen molar-refractivity contribution in [2.75, 3.05) is 6.61 Å². The summed E-state index contributed by atoms with van der Waals surface area (Å²) in [6, 6.07) is 12.4. The number of ether oxygens (including phenoxy) is 1. The van der Waals surface area contributed by atoms with E-state index in [0.717, 1.165) is 0 Å². The second-order valence-corrected chi connectivity index (χ2v) is 6.09. The van der Waals surface area contributed by atoms with Crippen LogP contribution in [0.25, 0.3) is 6.08 Å². The van der Waals surface area contributed by atoms with Crippen molar-refractivity contribution in [1.82, 2.24) is 5.32 Å². The predicted octanol–water partition coefficient (Wildman–Crippen LogP) is 3.86. The second-order valence-electron chi connectivity index (χ2n) is 5.23. The van der Waals surface area contributed by atoms with E-state index >= 15 is 0 Å². The van der Waals surface area contributed by atoms with Crippen LogP contribution in [0.5, 0.6) is 0 Å². The summed E-state index contributed by atoms with van der Waals surface area (Å²) in [5.74, 6) is -1.32. The van der Waals surface area contributed by atoms with Gasteiger partial charge >= 0.3 is 5.97 Å². The number of nitrogens with zero attached hydrogens (tertiary/aromatic N) is 1. The number of non-ortho nitro benzene ring substituents is 1. The zero-order valence-electron chi connectivity index (χ0n) is 14.1. The summed E-state index contributed by atoms with van der Waals surface area (Å²) < 4.78 is 5.54. The topological polar surface area (TPSA) is 98.5 Å². The Balaban J connectivity index is 2.36.